The summed E-state index contributed by atoms with van der Waals surface area (Å²) < 4.78 is 1.65. The number of benzene rings is 3. The second-order valence-electron chi connectivity index (χ2n) is 6.11. The zero-order chi connectivity index (χ0) is 18.5. The first-order chi connectivity index (χ1) is 13.3. The molecule has 0 fully saturated rings. The predicted molar refractivity (Wildman–Crippen MR) is 104 cm³/mol. The highest BCUT2D eigenvalue weighted by Gasteiger charge is 2.17. The molecule has 5 nitrogen and oxygen atoms in total. The lowest BCUT2D eigenvalue weighted by molar-refractivity contribution is 0.0943. The number of hydrogen-bond donors (Lipinski definition) is 1. The van der Waals surface area contributed by atoms with Crippen LogP contribution in [-0.2, 0) is 0 Å². The fourth-order valence-corrected chi connectivity index (χ4v) is 2.97. The van der Waals surface area contributed by atoms with E-state index >= 15 is 0 Å². The summed E-state index contributed by atoms with van der Waals surface area (Å²) in [5, 5.41) is 7.24. The Labute approximate surface area is 157 Å². The highest BCUT2D eigenvalue weighted by molar-refractivity contribution is 5.94. The molecular formula is C22H18N4O. The van der Waals surface area contributed by atoms with Gasteiger partial charge in [0.2, 0.25) is 0 Å². The number of hydrogen-bond acceptors (Lipinski definition) is 3. The van der Waals surface area contributed by atoms with Gasteiger partial charge in [0.15, 0.2) is 0 Å². The van der Waals surface area contributed by atoms with Gasteiger partial charge in [0.1, 0.15) is 12.7 Å². The molecule has 0 atom stereocenters. The molecule has 0 aliphatic heterocycles. The van der Waals surface area contributed by atoms with E-state index in [2.05, 4.69) is 15.4 Å². The van der Waals surface area contributed by atoms with Crippen LogP contribution in [0.3, 0.4) is 0 Å². The van der Waals surface area contributed by atoms with Crippen LogP contribution >= 0.6 is 0 Å². The minimum Gasteiger partial charge on any atom is -0.341 e. The molecule has 1 amide bonds. The maximum atomic E-state index is 12.9. The molecule has 1 aromatic heterocycles. The lowest BCUT2D eigenvalue weighted by Crippen LogP contribution is -2.29. The van der Waals surface area contributed by atoms with Gasteiger partial charge in [-0.3, -0.25) is 4.79 Å². The summed E-state index contributed by atoms with van der Waals surface area (Å²) in [7, 11) is 0. The topological polar surface area (TPSA) is 59.8 Å². The Balaban J connectivity index is 1.58. The molecule has 0 aliphatic rings. The molecule has 1 heterocycles. The molecule has 0 aliphatic carbocycles. The number of rotatable bonds is 5. The number of carbonyl (C=O) groups is 1. The van der Waals surface area contributed by atoms with E-state index in [1.807, 2.05) is 72.8 Å². The molecule has 0 bridgehead atoms. The highest BCUT2D eigenvalue weighted by atomic mass is 16.1. The maximum Gasteiger partial charge on any atom is 0.252 e. The second kappa shape index (κ2) is 7.66. The lowest BCUT2D eigenvalue weighted by atomic mass is 9.98. The van der Waals surface area contributed by atoms with Gasteiger partial charge in [-0.25, -0.2) is 9.67 Å². The smallest absolute Gasteiger partial charge is 0.252 e. The zero-order valence-corrected chi connectivity index (χ0v) is 14.6. The summed E-state index contributed by atoms with van der Waals surface area (Å²) in [6.45, 7) is 0. The molecule has 132 valence electrons. The molecule has 27 heavy (non-hydrogen) atoms. The first-order valence-corrected chi connectivity index (χ1v) is 8.67. The average molecular weight is 354 g/mol. The van der Waals surface area contributed by atoms with Gasteiger partial charge in [-0.1, -0.05) is 60.7 Å². The molecule has 4 rings (SSSR count). The highest BCUT2D eigenvalue weighted by Crippen LogP contribution is 2.22. The van der Waals surface area contributed by atoms with Crippen molar-refractivity contribution in [2.75, 3.05) is 0 Å². The average Bonchev–Trinajstić information content (AvgIpc) is 3.28. The zero-order valence-electron chi connectivity index (χ0n) is 14.6. The van der Waals surface area contributed by atoms with Gasteiger partial charge in [0.05, 0.1) is 11.7 Å². The molecule has 0 saturated carbocycles. The van der Waals surface area contributed by atoms with Gasteiger partial charge in [0.25, 0.3) is 5.91 Å². The van der Waals surface area contributed by atoms with Crippen molar-refractivity contribution < 1.29 is 4.79 Å². The fourth-order valence-electron chi connectivity index (χ4n) is 2.97. The Bertz CT molecular complexity index is 958. The van der Waals surface area contributed by atoms with Gasteiger partial charge in [-0.2, -0.15) is 5.10 Å². The molecule has 5 heteroatoms. The molecule has 0 unspecified atom stereocenters. The summed E-state index contributed by atoms with van der Waals surface area (Å²) in [5.74, 6) is -0.127. The second-order valence-corrected chi connectivity index (χ2v) is 6.11. The van der Waals surface area contributed by atoms with Crippen molar-refractivity contribution in [3.8, 4) is 5.69 Å². The van der Waals surface area contributed by atoms with Crippen molar-refractivity contribution in [3.05, 3.63) is 114 Å². The SMILES string of the molecule is O=C(NC(c1ccccc1)c1ccccc1)c1ccc(-n2cncn2)cc1. The Hall–Kier alpha value is -3.73. The number of carbonyl (C=O) groups excluding carboxylic acids is 1. The molecule has 3 aromatic carbocycles. The van der Waals surface area contributed by atoms with Gasteiger partial charge in [0, 0.05) is 5.56 Å². The molecule has 0 spiro atoms. The third-order valence-corrected chi connectivity index (χ3v) is 4.35. The van der Waals surface area contributed by atoms with E-state index in [0.717, 1.165) is 16.8 Å². The first-order valence-electron chi connectivity index (χ1n) is 8.67. The van der Waals surface area contributed by atoms with Crippen LogP contribution in [0.1, 0.15) is 27.5 Å². The Morgan fingerprint density at radius 1 is 0.815 bits per heavy atom. The van der Waals surface area contributed by atoms with E-state index in [4.69, 9.17) is 0 Å². The van der Waals surface area contributed by atoms with Crippen LogP contribution in [0, 0.1) is 0 Å². The number of nitrogens with one attached hydrogen (secondary N) is 1. The van der Waals surface area contributed by atoms with Gasteiger partial charge < -0.3 is 5.32 Å². The molecule has 1 N–H and O–H groups in total. The van der Waals surface area contributed by atoms with Crippen LogP contribution < -0.4 is 5.32 Å². The summed E-state index contributed by atoms with van der Waals surface area (Å²) in [4.78, 5) is 16.8. The third kappa shape index (κ3) is 3.77. The third-order valence-electron chi connectivity index (χ3n) is 4.35. The molecule has 0 radical (unpaired) electrons. The van der Waals surface area contributed by atoms with E-state index in [9.17, 15) is 4.79 Å². The van der Waals surface area contributed by atoms with Gasteiger partial charge in [-0.15, -0.1) is 0 Å². The Morgan fingerprint density at radius 2 is 1.41 bits per heavy atom. The summed E-state index contributed by atoms with van der Waals surface area (Å²) >= 11 is 0. The molecule has 0 saturated heterocycles. The molecular weight excluding hydrogens is 336 g/mol. The van der Waals surface area contributed by atoms with Crippen LogP contribution in [0.2, 0.25) is 0 Å². The van der Waals surface area contributed by atoms with Gasteiger partial charge in [-0.05, 0) is 35.4 Å². The number of aromatic nitrogens is 3. The minimum atomic E-state index is -0.213. The molecule has 4 aromatic rings. The normalized spacial score (nSPS) is 10.7. The standard InChI is InChI=1S/C22H18N4O/c27-22(19-11-13-20(14-12-19)26-16-23-15-24-26)25-21(17-7-3-1-4-8-17)18-9-5-2-6-10-18/h1-16,21H,(H,25,27). The Morgan fingerprint density at radius 3 is 1.93 bits per heavy atom. The van der Waals surface area contributed by atoms with Crippen LogP contribution in [0.5, 0.6) is 0 Å². The van der Waals surface area contributed by atoms with E-state index in [0.29, 0.717) is 5.56 Å². The summed E-state index contributed by atoms with van der Waals surface area (Å²) in [6, 6.07) is 27.0. The first kappa shape index (κ1) is 16.7. The van der Waals surface area contributed by atoms with Crippen molar-refractivity contribution in [2.24, 2.45) is 0 Å². The number of nitrogens with zero attached hydrogens (tertiary/aromatic N) is 3. The van der Waals surface area contributed by atoms with Crippen molar-refractivity contribution in [1.82, 2.24) is 20.1 Å². The largest absolute Gasteiger partial charge is 0.341 e. The van der Waals surface area contributed by atoms with E-state index < -0.39 is 0 Å². The lowest BCUT2D eigenvalue weighted by Gasteiger charge is -2.20. The van der Waals surface area contributed by atoms with Crippen molar-refractivity contribution in [3.63, 3.8) is 0 Å². The van der Waals surface area contributed by atoms with Crippen LogP contribution in [-0.4, -0.2) is 20.7 Å². The maximum absolute atomic E-state index is 12.9. The predicted octanol–water partition coefficient (Wildman–Crippen LogP) is 3.79. The summed E-state index contributed by atoms with van der Waals surface area (Å²) in [6.07, 6.45) is 3.10. The van der Waals surface area contributed by atoms with Crippen molar-refractivity contribution in [2.45, 2.75) is 6.04 Å². The van der Waals surface area contributed by atoms with Crippen molar-refractivity contribution in [1.29, 1.82) is 0 Å². The monoisotopic (exact) mass is 354 g/mol. The minimum absolute atomic E-state index is 0.127. The number of amides is 1. The van der Waals surface area contributed by atoms with Crippen LogP contribution in [0.4, 0.5) is 0 Å². The van der Waals surface area contributed by atoms with Gasteiger partial charge >= 0.3 is 0 Å². The van der Waals surface area contributed by atoms with Crippen molar-refractivity contribution >= 4 is 5.91 Å². The quantitative estimate of drug-likeness (QED) is 0.593. The Kier molecular flexibility index (Phi) is 4.74. The van der Waals surface area contributed by atoms with E-state index in [1.54, 1.807) is 23.1 Å². The fraction of sp³-hybridized carbons (Fsp3) is 0.0455. The van der Waals surface area contributed by atoms with Crippen LogP contribution in [0.25, 0.3) is 5.69 Å². The van der Waals surface area contributed by atoms with E-state index in [1.165, 1.54) is 6.33 Å². The van der Waals surface area contributed by atoms with E-state index in [-0.39, 0.29) is 11.9 Å². The summed E-state index contributed by atoms with van der Waals surface area (Å²) in [5.41, 5.74) is 3.52. The van der Waals surface area contributed by atoms with Crippen LogP contribution in [0.15, 0.2) is 97.6 Å².